The van der Waals surface area contributed by atoms with Gasteiger partial charge in [-0.1, -0.05) is 176 Å². The van der Waals surface area contributed by atoms with Crippen LogP contribution in [0.3, 0.4) is 0 Å². The van der Waals surface area contributed by atoms with Crippen molar-refractivity contribution in [1.29, 1.82) is 0 Å². The van der Waals surface area contributed by atoms with Crippen molar-refractivity contribution in [3.63, 3.8) is 0 Å². The van der Waals surface area contributed by atoms with Crippen molar-refractivity contribution in [1.82, 2.24) is 19.5 Å². The molecular formula is C51H32N4S. The Labute approximate surface area is 327 Å². The van der Waals surface area contributed by atoms with Crippen molar-refractivity contribution in [2.45, 2.75) is 0 Å². The Kier molecular flexibility index (Phi) is 7.64. The SMILES string of the molecule is c1ccc(-c2nc(-c3ccccc3-c3ccccc3)nc(-c3cccc4c3c3ccccc3n4-c3cccc4c3sc3c(-c5ccccc5)cccc34)n2)cc1. The predicted molar refractivity (Wildman–Crippen MR) is 234 cm³/mol. The van der Waals surface area contributed by atoms with E-state index in [1.165, 1.54) is 31.3 Å². The summed E-state index contributed by atoms with van der Waals surface area (Å²) in [5, 5.41) is 4.79. The summed E-state index contributed by atoms with van der Waals surface area (Å²) in [6, 6.07) is 68.3. The minimum atomic E-state index is 0.637. The monoisotopic (exact) mass is 732 g/mol. The molecule has 0 amide bonds. The molecule has 0 saturated carbocycles. The van der Waals surface area contributed by atoms with E-state index in [-0.39, 0.29) is 0 Å². The first kappa shape index (κ1) is 32.2. The number of nitrogens with zero attached hydrogens (tertiary/aromatic N) is 4. The molecule has 0 unspecified atom stereocenters. The molecule has 0 N–H and O–H groups in total. The van der Waals surface area contributed by atoms with Gasteiger partial charge < -0.3 is 4.57 Å². The minimum absolute atomic E-state index is 0.637. The van der Waals surface area contributed by atoms with Crippen molar-refractivity contribution in [2.24, 2.45) is 0 Å². The molecule has 3 aromatic heterocycles. The lowest BCUT2D eigenvalue weighted by Crippen LogP contribution is -2.01. The summed E-state index contributed by atoms with van der Waals surface area (Å²) < 4.78 is 4.98. The quantitative estimate of drug-likeness (QED) is 0.171. The average Bonchev–Trinajstić information content (AvgIpc) is 3.83. The fourth-order valence-corrected chi connectivity index (χ4v) is 9.51. The molecule has 0 bridgehead atoms. The molecule has 3 heterocycles. The van der Waals surface area contributed by atoms with Crippen LogP contribution < -0.4 is 0 Å². The first-order valence-electron chi connectivity index (χ1n) is 18.8. The molecular weight excluding hydrogens is 701 g/mol. The van der Waals surface area contributed by atoms with Gasteiger partial charge in [0.2, 0.25) is 0 Å². The topological polar surface area (TPSA) is 43.6 Å². The fourth-order valence-electron chi connectivity index (χ4n) is 8.17. The van der Waals surface area contributed by atoms with Gasteiger partial charge in [-0.2, -0.15) is 0 Å². The van der Waals surface area contributed by atoms with E-state index in [0.29, 0.717) is 17.5 Å². The molecule has 8 aromatic carbocycles. The maximum Gasteiger partial charge on any atom is 0.164 e. The summed E-state index contributed by atoms with van der Waals surface area (Å²) in [4.78, 5) is 15.7. The first-order valence-corrected chi connectivity index (χ1v) is 19.6. The van der Waals surface area contributed by atoms with Crippen LogP contribution in [0, 0.1) is 0 Å². The minimum Gasteiger partial charge on any atom is -0.308 e. The molecule has 0 atom stereocenters. The molecule has 0 fully saturated rings. The van der Waals surface area contributed by atoms with Crippen LogP contribution in [0.1, 0.15) is 0 Å². The van der Waals surface area contributed by atoms with Crippen LogP contribution in [0.15, 0.2) is 194 Å². The number of fused-ring (bicyclic) bond motifs is 6. The van der Waals surface area contributed by atoms with E-state index < -0.39 is 0 Å². The predicted octanol–water partition coefficient (Wildman–Crippen LogP) is 13.7. The Morgan fingerprint density at radius 3 is 1.55 bits per heavy atom. The first-order chi connectivity index (χ1) is 27.8. The molecule has 5 heteroatoms. The third kappa shape index (κ3) is 5.24. The highest BCUT2D eigenvalue weighted by atomic mass is 32.1. The molecule has 4 nitrogen and oxygen atoms in total. The normalized spacial score (nSPS) is 11.6. The lowest BCUT2D eigenvalue weighted by atomic mass is 9.99. The maximum atomic E-state index is 5.31. The van der Waals surface area contributed by atoms with E-state index >= 15 is 0 Å². The zero-order chi connectivity index (χ0) is 37.0. The van der Waals surface area contributed by atoms with Gasteiger partial charge in [0.25, 0.3) is 0 Å². The molecule has 262 valence electrons. The van der Waals surface area contributed by atoms with Crippen LogP contribution >= 0.6 is 11.3 Å². The summed E-state index contributed by atoms with van der Waals surface area (Å²) in [6.45, 7) is 0. The van der Waals surface area contributed by atoms with Crippen LogP contribution in [0.25, 0.3) is 104 Å². The summed E-state index contributed by atoms with van der Waals surface area (Å²) in [6.07, 6.45) is 0. The lowest BCUT2D eigenvalue weighted by Gasteiger charge is -2.13. The standard InChI is InChI=1S/C51H32N4S/c1-4-17-33(18-5-1)36-23-10-11-24-40(36)50-52-49(35-21-8-3-9-22-35)53-51(54-50)42-29-16-31-44-46(42)41-25-12-13-30-43(41)55(44)45-32-15-28-39-38-27-14-26-37(47(38)56-48(39)45)34-19-6-2-7-20-34/h1-32H. The van der Waals surface area contributed by atoms with E-state index in [2.05, 4.69) is 174 Å². The Morgan fingerprint density at radius 2 is 0.804 bits per heavy atom. The van der Waals surface area contributed by atoms with Crippen LogP contribution in [0.2, 0.25) is 0 Å². The molecule has 11 rings (SSSR count). The molecule has 0 aliphatic carbocycles. The van der Waals surface area contributed by atoms with Gasteiger partial charge in [-0.25, -0.2) is 15.0 Å². The number of hydrogen-bond acceptors (Lipinski definition) is 4. The Bertz CT molecular complexity index is 3240. The third-order valence-electron chi connectivity index (χ3n) is 10.7. The highest BCUT2D eigenvalue weighted by Crippen LogP contribution is 2.45. The van der Waals surface area contributed by atoms with Crippen LogP contribution in [-0.2, 0) is 0 Å². The second kappa shape index (κ2) is 13.3. The van der Waals surface area contributed by atoms with E-state index in [1.807, 2.05) is 35.6 Å². The van der Waals surface area contributed by atoms with Gasteiger partial charge in [-0.3, -0.25) is 0 Å². The van der Waals surface area contributed by atoms with Crippen LogP contribution in [0.5, 0.6) is 0 Å². The van der Waals surface area contributed by atoms with Gasteiger partial charge in [0.1, 0.15) is 0 Å². The molecule has 0 radical (unpaired) electrons. The average molecular weight is 733 g/mol. The third-order valence-corrected chi connectivity index (χ3v) is 12.0. The number of benzene rings is 8. The van der Waals surface area contributed by atoms with Gasteiger partial charge in [-0.15, -0.1) is 11.3 Å². The van der Waals surface area contributed by atoms with E-state index in [4.69, 9.17) is 15.0 Å². The van der Waals surface area contributed by atoms with Crippen LogP contribution in [-0.4, -0.2) is 19.5 Å². The molecule has 0 spiro atoms. The van der Waals surface area contributed by atoms with Crippen LogP contribution in [0.4, 0.5) is 0 Å². The zero-order valence-corrected chi connectivity index (χ0v) is 31.0. The molecule has 0 aliphatic rings. The Morgan fingerprint density at radius 1 is 0.321 bits per heavy atom. The van der Waals surface area contributed by atoms with Gasteiger partial charge in [0.05, 0.1) is 21.4 Å². The van der Waals surface area contributed by atoms with E-state index in [1.54, 1.807) is 0 Å². The van der Waals surface area contributed by atoms with Crippen molar-refractivity contribution in [3.8, 4) is 62.1 Å². The number of para-hydroxylation sites is 1. The maximum absolute atomic E-state index is 5.31. The van der Waals surface area contributed by atoms with Gasteiger partial charge in [0, 0.05) is 42.9 Å². The summed E-state index contributed by atoms with van der Waals surface area (Å²) in [7, 11) is 0. The largest absolute Gasteiger partial charge is 0.308 e. The summed E-state index contributed by atoms with van der Waals surface area (Å²) >= 11 is 1.87. The summed E-state index contributed by atoms with van der Waals surface area (Å²) in [5.74, 6) is 1.91. The van der Waals surface area contributed by atoms with Crippen molar-refractivity contribution in [2.75, 3.05) is 0 Å². The second-order valence-corrected chi connectivity index (χ2v) is 15.0. The highest BCUT2D eigenvalue weighted by molar-refractivity contribution is 7.26. The number of rotatable bonds is 6. The van der Waals surface area contributed by atoms with Crippen molar-refractivity contribution in [3.05, 3.63) is 194 Å². The van der Waals surface area contributed by atoms with E-state index in [0.717, 1.165) is 55.3 Å². The zero-order valence-electron chi connectivity index (χ0n) is 30.2. The number of thiophene rings is 1. The van der Waals surface area contributed by atoms with Gasteiger partial charge in [0.15, 0.2) is 17.5 Å². The fraction of sp³-hybridized carbons (Fsp3) is 0. The van der Waals surface area contributed by atoms with Crippen molar-refractivity contribution < 1.29 is 0 Å². The van der Waals surface area contributed by atoms with E-state index in [9.17, 15) is 0 Å². The number of aromatic nitrogens is 4. The highest BCUT2D eigenvalue weighted by Gasteiger charge is 2.22. The lowest BCUT2D eigenvalue weighted by molar-refractivity contribution is 1.08. The molecule has 0 aliphatic heterocycles. The second-order valence-electron chi connectivity index (χ2n) is 13.9. The van der Waals surface area contributed by atoms with Crippen molar-refractivity contribution >= 4 is 53.3 Å². The summed E-state index contributed by atoms with van der Waals surface area (Å²) in [5.41, 5.74) is 10.9. The number of hydrogen-bond donors (Lipinski definition) is 0. The molecule has 56 heavy (non-hydrogen) atoms. The molecule has 0 saturated heterocycles. The van der Waals surface area contributed by atoms with Gasteiger partial charge >= 0.3 is 0 Å². The Hall–Kier alpha value is -7.21. The molecule has 11 aromatic rings. The van der Waals surface area contributed by atoms with Gasteiger partial charge in [-0.05, 0) is 40.5 Å². The smallest absolute Gasteiger partial charge is 0.164 e. The Balaban J connectivity index is 1.17.